The van der Waals surface area contributed by atoms with Gasteiger partial charge < -0.3 is 4.74 Å². The Bertz CT molecular complexity index is 213. The Morgan fingerprint density at radius 3 is 3.18 bits per heavy atom. The summed E-state index contributed by atoms with van der Waals surface area (Å²) in [5.74, 6) is 0. The first-order chi connectivity index (χ1) is 5.43. The van der Waals surface area contributed by atoms with Crippen LogP contribution in [0.2, 0.25) is 0 Å². The maximum absolute atomic E-state index is 9.74. The molecule has 1 aromatic heterocycles. The molecule has 0 fully saturated rings. The zero-order valence-corrected chi connectivity index (χ0v) is 5.93. The molecule has 1 rings (SSSR count). The Kier molecular flexibility index (Phi) is 3.05. The molecule has 0 unspecified atom stereocenters. The van der Waals surface area contributed by atoms with Crippen molar-refractivity contribution in [1.29, 1.82) is 0 Å². The predicted octanol–water partition coefficient (Wildman–Crippen LogP) is 0.192. The molecule has 1 heterocycles. The first kappa shape index (κ1) is 7.65. The molecule has 4 heteroatoms. The second-order valence-corrected chi connectivity index (χ2v) is 1.92. The first-order valence-corrected chi connectivity index (χ1v) is 3.23. The molecule has 11 heavy (non-hydrogen) atoms. The minimum Gasteiger partial charge on any atom is -0.467 e. The number of carbonyl (C=O) groups is 1. The average molecular weight is 152 g/mol. The van der Waals surface area contributed by atoms with E-state index in [0.717, 1.165) is 5.69 Å². The molecule has 0 aliphatic carbocycles. The summed E-state index contributed by atoms with van der Waals surface area (Å²) in [6, 6.07) is 1.79. The van der Waals surface area contributed by atoms with Gasteiger partial charge >= 0.3 is 0 Å². The summed E-state index contributed by atoms with van der Waals surface area (Å²) < 4.78 is 4.50. The molecule has 0 saturated carbocycles. The summed E-state index contributed by atoms with van der Waals surface area (Å²) in [4.78, 5) is 17.4. The zero-order chi connectivity index (χ0) is 7.94. The van der Waals surface area contributed by atoms with Crippen LogP contribution in [0.15, 0.2) is 18.6 Å². The lowest BCUT2D eigenvalue weighted by Crippen LogP contribution is -1.98. The lowest BCUT2D eigenvalue weighted by Gasteiger charge is -1.96. The third-order valence-corrected chi connectivity index (χ3v) is 1.19. The fourth-order valence-corrected chi connectivity index (χ4v) is 0.678. The van der Waals surface area contributed by atoms with Crippen molar-refractivity contribution >= 4 is 6.47 Å². The van der Waals surface area contributed by atoms with Crippen LogP contribution in [0.1, 0.15) is 5.69 Å². The number of ether oxygens (including phenoxy) is 1. The maximum Gasteiger partial charge on any atom is 0.293 e. The monoisotopic (exact) mass is 152 g/mol. The van der Waals surface area contributed by atoms with Gasteiger partial charge in [-0.1, -0.05) is 0 Å². The van der Waals surface area contributed by atoms with Gasteiger partial charge in [0.25, 0.3) is 6.47 Å². The van der Waals surface area contributed by atoms with Gasteiger partial charge in [0.15, 0.2) is 0 Å². The van der Waals surface area contributed by atoms with Gasteiger partial charge in [0, 0.05) is 18.3 Å². The van der Waals surface area contributed by atoms with Crippen LogP contribution < -0.4 is 0 Å². The molecule has 0 saturated heterocycles. The van der Waals surface area contributed by atoms with E-state index >= 15 is 0 Å². The molecule has 0 spiro atoms. The van der Waals surface area contributed by atoms with Crippen molar-refractivity contribution in [1.82, 2.24) is 9.97 Å². The number of hydrogen-bond acceptors (Lipinski definition) is 4. The second kappa shape index (κ2) is 4.38. The minimum absolute atomic E-state index is 0.376. The normalized spacial score (nSPS) is 9.09. The SMILES string of the molecule is O=COCCc1ccncn1. The summed E-state index contributed by atoms with van der Waals surface area (Å²) in [5, 5.41) is 0. The molecule has 0 atom stereocenters. The van der Waals surface area contributed by atoms with E-state index in [0.29, 0.717) is 19.5 Å². The fraction of sp³-hybridized carbons (Fsp3) is 0.286. The minimum atomic E-state index is 0.376. The van der Waals surface area contributed by atoms with Gasteiger partial charge in [0.05, 0.1) is 6.61 Å². The van der Waals surface area contributed by atoms with E-state index in [4.69, 9.17) is 0 Å². The van der Waals surface area contributed by atoms with Crippen molar-refractivity contribution in [2.24, 2.45) is 0 Å². The highest BCUT2D eigenvalue weighted by Gasteiger charge is 1.91. The lowest BCUT2D eigenvalue weighted by atomic mass is 10.3. The Morgan fingerprint density at radius 2 is 2.55 bits per heavy atom. The molecule has 0 radical (unpaired) electrons. The van der Waals surface area contributed by atoms with E-state index in [9.17, 15) is 4.79 Å². The van der Waals surface area contributed by atoms with E-state index in [1.165, 1.54) is 6.33 Å². The van der Waals surface area contributed by atoms with Crippen LogP contribution in [0.3, 0.4) is 0 Å². The van der Waals surface area contributed by atoms with Gasteiger partial charge in [-0.05, 0) is 6.07 Å². The van der Waals surface area contributed by atoms with Gasteiger partial charge in [-0.3, -0.25) is 4.79 Å². The molecule has 0 aliphatic rings. The second-order valence-electron chi connectivity index (χ2n) is 1.92. The summed E-state index contributed by atoms with van der Waals surface area (Å²) in [7, 11) is 0. The van der Waals surface area contributed by atoms with Gasteiger partial charge in [0.2, 0.25) is 0 Å². The van der Waals surface area contributed by atoms with Gasteiger partial charge in [-0.2, -0.15) is 0 Å². The van der Waals surface area contributed by atoms with Crippen LogP contribution in [-0.4, -0.2) is 23.0 Å². The third-order valence-electron chi connectivity index (χ3n) is 1.19. The van der Waals surface area contributed by atoms with E-state index in [-0.39, 0.29) is 0 Å². The van der Waals surface area contributed by atoms with Crippen LogP contribution >= 0.6 is 0 Å². The van der Waals surface area contributed by atoms with Gasteiger partial charge in [0.1, 0.15) is 6.33 Å². The molecule has 1 aromatic rings. The molecule has 0 aromatic carbocycles. The molecule has 58 valence electrons. The Hall–Kier alpha value is -1.45. The van der Waals surface area contributed by atoms with E-state index in [2.05, 4.69) is 14.7 Å². The number of hydrogen-bond donors (Lipinski definition) is 0. The molecule has 4 nitrogen and oxygen atoms in total. The highest BCUT2D eigenvalue weighted by atomic mass is 16.5. The molecule has 0 bridgehead atoms. The predicted molar refractivity (Wildman–Crippen MR) is 37.8 cm³/mol. The van der Waals surface area contributed by atoms with Gasteiger partial charge in [-0.25, -0.2) is 9.97 Å². The average Bonchev–Trinajstić information content (AvgIpc) is 2.07. The van der Waals surface area contributed by atoms with Crippen LogP contribution in [0.5, 0.6) is 0 Å². The quantitative estimate of drug-likeness (QED) is 0.456. The van der Waals surface area contributed by atoms with E-state index in [1.54, 1.807) is 12.3 Å². The Morgan fingerprint density at radius 1 is 1.64 bits per heavy atom. The summed E-state index contributed by atoms with van der Waals surface area (Å²) >= 11 is 0. The van der Waals surface area contributed by atoms with E-state index < -0.39 is 0 Å². The third kappa shape index (κ3) is 2.75. The fourth-order valence-electron chi connectivity index (χ4n) is 0.678. The van der Waals surface area contributed by atoms with Crippen molar-refractivity contribution < 1.29 is 9.53 Å². The number of aromatic nitrogens is 2. The number of carbonyl (C=O) groups excluding carboxylic acids is 1. The molecular weight excluding hydrogens is 144 g/mol. The summed E-state index contributed by atoms with van der Waals surface area (Å²) in [6.07, 6.45) is 3.76. The highest BCUT2D eigenvalue weighted by Crippen LogP contribution is 1.91. The van der Waals surface area contributed by atoms with Crippen LogP contribution in [-0.2, 0) is 16.0 Å². The van der Waals surface area contributed by atoms with Crippen LogP contribution in [0.25, 0.3) is 0 Å². The molecule has 0 amide bonds. The van der Waals surface area contributed by atoms with Crippen molar-refractivity contribution in [3.63, 3.8) is 0 Å². The lowest BCUT2D eigenvalue weighted by molar-refractivity contribution is -0.128. The summed E-state index contributed by atoms with van der Waals surface area (Å²) in [5.41, 5.74) is 0.877. The Balaban J connectivity index is 2.33. The maximum atomic E-state index is 9.74. The highest BCUT2D eigenvalue weighted by molar-refractivity contribution is 5.36. The topological polar surface area (TPSA) is 52.1 Å². The standard InChI is InChI=1S/C7H8N2O2/c10-6-11-4-2-7-1-3-8-5-9-7/h1,3,5-6H,2,4H2. The van der Waals surface area contributed by atoms with Crippen molar-refractivity contribution in [2.75, 3.05) is 6.61 Å². The van der Waals surface area contributed by atoms with Crippen molar-refractivity contribution in [2.45, 2.75) is 6.42 Å². The molecule has 0 N–H and O–H groups in total. The zero-order valence-electron chi connectivity index (χ0n) is 5.93. The summed E-state index contributed by atoms with van der Waals surface area (Å²) in [6.45, 7) is 0.807. The largest absolute Gasteiger partial charge is 0.467 e. The molecular formula is C7H8N2O2. The van der Waals surface area contributed by atoms with E-state index in [1.807, 2.05) is 0 Å². The first-order valence-electron chi connectivity index (χ1n) is 3.23. The smallest absolute Gasteiger partial charge is 0.293 e. The van der Waals surface area contributed by atoms with Crippen molar-refractivity contribution in [3.05, 3.63) is 24.3 Å². The van der Waals surface area contributed by atoms with Crippen LogP contribution in [0, 0.1) is 0 Å². The molecule has 0 aliphatic heterocycles. The Labute approximate surface area is 64.2 Å². The number of nitrogens with zero attached hydrogens (tertiary/aromatic N) is 2. The number of rotatable bonds is 4. The van der Waals surface area contributed by atoms with Gasteiger partial charge in [-0.15, -0.1) is 0 Å². The van der Waals surface area contributed by atoms with Crippen LogP contribution in [0.4, 0.5) is 0 Å². The van der Waals surface area contributed by atoms with Crippen molar-refractivity contribution in [3.8, 4) is 0 Å².